The normalized spacial score (nSPS) is 21.6. The molecule has 0 saturated carbocycles. The second-order valence-corrected chi connectivity index (χ2v) is 4.81. The summed E-state index contributed by atoms with van der Waals surface area (Å²) in [5.74, 6) is -1.02. The molecular formula is C12H23N3O3. The molecule has 2 N–H and O–H groups in total. The van der Waals surface area contributed by atoms with E-state index in [-0.39, 0.29) is 6.03 Å². The van der Waals surface area contributed by atoms with Gasteiger partial charge in [0.2, 0.25) is 0 Å². The Labute approximate surface area is 108 Å². The van der Waals surface area contributed by atoms with Crippen molar-refractivity contribution in [2.45, 2.75) is 38.8 Å². The first kappa shape index (κ1) is 14.8. The lowest BCUT2D eigenvalue weighted by Gasteiger charge is -2.28. The van der Waals surface area contributed by atoms with E-state index >= 15 is 0 Å². The minimum atomic E-state index is -1.02. The van der Waals surface area contributed by atoms with Crippen LogP contribution in [0.3, 0.4) is 0 Å². The highest BCUT2D eigenvalue weighted by atomic mass is 16.4. The average Bonchev–Trinajstić information content (AvgIpc) is 2.75. The summed E-state index contributed by atoms with van der Waals surface area (Å²) in [6.07, 6.45) is 2.26. The Morgan fingerprint density at radius 1 is 1.56 bits per heavy atom. The van der Waals surface area contributed by atoms with E-state index in [9.17, 15) is 9.59 Å². The molecule has 1 rings (SSSR count). The van der Waals surface area contributed by atoms with Crippen molar-refractivity contribution in [1.82, 2.24) is 15.1 Å². The second kappa shape index (κ2) is 6.58. The maximum absolute atomic E-state index is 11.8. The molecule has 1 aliphatic rings. The molecular weight excluding hydrogens is 234 g/mol. The van der Waals surface area contributed by atoms with Crippen LogP contribution >= 0.6 is 0 Å². The number of hydrogen-bond donors (Lipinski definition) is 2. The zero-order valence-electron chi connectivity index (χ0n) is 11.3. The molecule has 1 heterocycles. The number of amides is 2. The third-order valence-electron chi connectivity index (χ3n) is 3.45. The second-order valence-electron chi connectivity index (χ2n) is 4.81. The SMILES string of the molecule is CCN1CCCC1CN(C)C(=O)N[C@H](C)C(=O)O. The van der Waals surface area contributed by atoms with Gasteiger partial charge in [-0.05, 0) is 32.9 Å². The summed E-state index contributed by atoms with van der Waals surface area (Å²) < 4.78 is 0. The topological polar surface area (TPSA) is 72.9 Å². The Hall–Kier alpha value is -1.30. The summed E-state index contributed by atoms with van der Waals surface area (Å²) in [5.41, 5.74) is 0. The van der Waals surface area contributed by atoms with Crippen molar-refractivity contribution in [2.75, 3.05) is 26.7 Å². The lowest BCUT2D eigenvalue weighted by molar-refractivity contribution is -0.138. The highest BCUT2D eigenvalue weighted by Crippen LogP contribution is 2.17. The molecule has 0 aromatic rings. The lowest BCUT2D eigenvalue weighted by Crippen LogP contribution is -2.48. The van der Waals surface area contributed by atoms with Crippen LogP contribution in [0.2, 0.25) is 0 Å². The Morgan fingerprint density at radius 3 is 2.78 bits per heavy atom. The summed E-state index contributed by atoms with van der Waals surface area (Å²) in [5, 5.41) is 11.2. The van der Waals surface area contributed by atoms with Gasteiger partial charge in [0.25, 0.3) is 0 Å². The van der Waals surface area contributed by atoms with Gasteiger partial charge >= 0.3 is 12.0 Å². The van der Waals surface area contributed by atoms with Crippen molar-refractivity contribution in [2.24, 2.45) is 0 Å². The number of nitrogens with zero attached hydrogens (tertiary/aromatic N) is 2. The molecule has 2 amide bonds. The van der Waals surface area contributed by atoms with Crippen molar-refractivity contribution in [3.05, 3.63) is 0 Å². The number of carboxylic acids is 1. The van der Waals surface area contributed by atoms with Crippen LogP contribution < -0.4 is 5.32 Å². The van der Waals surface area contributed by atoms with E-state index in [1.165, 1.54) is 13.3 Å². The molecule has 1 aliphatic heterocycles. The van der Waals surface area contributed by atoms with Crippen LogP contribution in [0, 0.1) is 0 Å². The third-order valence-corrected chi connectivity index (χ3v) is 3.45. The minimum Gasteiger partial charge on any atom is -0.480 e. The van der Waals surface area contributed by atoms with Crippen LogP contribution in [-0.2, 0) is 4.79 Å². The standard InChI is InChI=1S/C12H23N3O3/c1-4-15-7-5-6-10(15)8-14(3)12(18)13-9(2)11(16)17/h9-10H,4-8H2,1-3H3,(H,13,18)(H,16,17)/t9-,10?/m1/s1. The van der Waals surface area contributed by atoms with Gasteiger partial charge in [-0.2, -0.15) is 0 Å². The maximum Gasteiger partial charge on any atom is 0.325 e. The third kappa shape index (κ3) is 3.87. The number of nitrogens with one attached hydrogen (secondary N) is 1. The molecule has 1 fully saturated rings. The maximum atomic E-state index is 11.8. The van der Waals surface area contributed by atoms with Crippen molar-refractivity contribution in [3.8, 4) is 0 Å². The highest BCUT2D eigenvalue weighted by molar-refractivity contribution is 5.82. The van der Waals surface area contributed by atoms with E-state index in [1.54, 1.807) is 11.9 Å². The number of carbonyl (C=O) groups excluding carboxylic acids is 1. The Kier molecular flexibility index (Phi) is 5.40. The van der Waals surface area contributed by atoms with Gasteiger partial charge in [-0.3, -0.25) is 9.69 Å². The quantitative estimate of drug-likeness (QED) is 0.756. The van der Waals surface area contributed by atoms with Gasteiger partial charge in [0, 0.05) is 19.6 Å². The van der Waals surface area contributed by atoms with Gasteiger partial charge in [0.15, 0.2) is 0 Å². The molecule has 104 valence electrons. The highest BCUT2D eigenvalue weighted by Gasteiger charge is 2.26. The molecule has 0 bridgehead atoms. The van der Waals surface area contributed by atoms with Crippen molar-refractivity contribution >= 4 is 12.0 Å². The van der Waals surface area contributed by atoms with E-state index in [4.69, 9.17) is 5.11 Å². The molecule has 0 aromatic carbocycles. The summed E-state index contributed by atoms with van der Waals surface area (Å²) in [4.78, 5) is 26.4. The molecule has 1 unspecified atom stereocenters. The van der Waals surface area contributed by atoms with E-state index in [2.05, 4.69) is 17.1 Å². The van der Waals surface area contributed by atoms with E-state index < -0.39 is 12.0 Å². The van der Waals surface area contributed by atoms with Gasteiger partial charge in [-0.1, -0.05) is 6.92 Å². The predicted octanol–water partition coefficient (Wildman–Crippen LogP) is 0.585. The molecule has 0 spiro atoms. The van der Waals surface area contributed by atoms with Gasteiger partial charge in [0.05, 0.1) is 0 Å². The zero-order valence-corrected chi connectivity index (χ0v) is 11.3. The summed E-state index contributed by atoms with van der Waals surface area (Å²) in [7, 11) is 1.70. The van der Waals surface area contributed by atoms with Crippen molar-refractivity contribution in [3.63, 3.8) is 0 Å². The monoisotopic (exact) mass is 257 g/mol. The minimum absolute atomic E-state index is 0.326. The number of rotatable bonds is 5. The average molecular weight is 257 g/mol. The number of likely N-dealkylation sites (tertiary alicyclic amines) is 1. The summed E-state index contributed by atoms with van der Waals surface area (Å²) in [6, 6.07) is -0.787. The first-order chi connectivity index (χ1) is 8.45. The van der Waals surface area contributed by atoms with Crippen LogP contribution in [-0.4, -0.2) is 65.7 Å². The van der Waals surface area contributed by atoms with E-state index in [0.29, 0.717) is 12.6 Å². The fraction of sp³-hybridized carbons (Fsp3) is 0.833. The molecule has 1 saturated heterocycles. The molecule has 18 heavy (non-hydrogen) atoms. The van der Waals surface area contributed by atoms with Crippen molar-refractivity contribution < 1.29 is 14.7 Å². The van der Waals surface area contributed by atoms with Crippen molar-refractivity contribution in [1.29, 1.82) is 0 Å². The van der Waals surface area contributed by atoms with Gasteiger partial charge in [-0.15, -0.1) is 0 Å². The largest absolute Gasteiger partial charge is 0.480 e. The summed E-state index contributed by atoms with van der Waals surface area (Å²) in [6.45, 7) is 6.30. The first-order valence-corrected chi connectivity index (χ1v) is 6.44. The number of urea groups is 1. The fourth-order valence-electron chi connectivity index (χ4n) is 2.27. The molecule has 0 radical (unpaired) electrons. The van der Waals surface area contributed by atoms with E-state index in [0.717, 1.165) is 19.5 Å². The molecule has 0 aromatic heterocycles. The molecule has 6 heteroatoms. The predicted molar refractivity (Wildman–Crippen MR) is 68.5 cm³/mol. The number of carboxylic acid groups (broad SMARTS) is 1. The number of likely N-dealkylation sites (N-methyl/N-ethyl adjacent to an activating group) is 2. The van der Waals surface area contributed by atoms with Gasteiger partial charge in [0.1, 0.15) is 6.04 Å². The number of hydrogen-bond acceptors (Lipinski definition) is 3. The fourth-order valence-corrected chi connectivity index (χ4v) is 2.27. The first-order valence-electron chi connectivity index (χ1n) is 6.44. The Balaban J connectivity index is 2.42. The van der Waals surface area contributed by atoms with Gasteiger partial charge in [-0.25, -0.2) is 4.79 Å². The van der Waals surface area contributed by atoms with Crippen LogP contribution in [0.1, 0.15) is 26.7 Å². The summed E-state index contributed by atoms with van der Waals surface area (Å²) >= 11 is 0. The Bertz CT molecular complexity index is 309. The van der Waals surface area contributed by atoms with Crippen LogP contribution in [0.4, 0.5) is 4.79 Å². The molecule has 2 atom stereocenters. The zero-order chi connectivity index (χ0) is 13.7. The number of aliphatic carboxylic acids is 1. The lowest BCUT2D eigenvalue weighted by atomic mass is 10.2. The Morgan fingerprint density at radius 2 is 2.22 bits per heavy atom. The van der Waals surface area contributed by atoms with Crippen LogP contribution in [0.5, 0.6) is 0 Å². The van der Waals surface area contributed by atoms with Crippen LogP contribution in [0.25, 0.3) is 0 Å². The number of carbonyl (C=O) groups is 2. The molecule has 0 aliphatic carbocycles. The van der Waals surface area contributed by atoms with Gasteiger partial charge < -0.3 is 15.3 Å². The van der Waals surface area contributed by atoms with E-state index in [1.807, 2.05) is 0 Å². The van der Waals surface area contributed by atoms with Crippen LogP contribution in [0.15, 0.2) is 0 Å². The smallest absolute Gasteiger partial charge is 0.325 e. The molecule has 6 nitrogen and oxygen atoms in total.